The van der Waals surface area contributed by atoms with Crippen molar-refractivity contribution in [3.05, 3.63) is 130 Å². The lowest BCUT2D eigenvalue weighted by molar-refractivity contribution is 0.339. The van der Waals surface area contributed by atoms with Crippen molar-refractivity contribution in [1.82, 2.24) is 9.55 Å². The molecule has 0 spiro atoms. The molecule has 0 amide bonds. The zero-order chi connectivity index (χ0) is 21.0. The molecule has 0 aliphatic carbocycles. The molecule has 3 aromatic carbocycles. The molecule has 0 saturated heterocycles. The number of hydrogen-bond acceptors (Lipinski definition) is 2. The molecule has 4 rings (SSSR count). The van der Waals surface area contributed by atoms with E-state index in [9.17, 15) is 9.50 Å². The van der Waals surface area contributed by atoms with E-state index in [4.69, 9.17) is 0 Å². The second-order valence-electron chi connectivity index (χ2n) is 6.85. The van der Waals surface area contributed by atoms with Crippen molar-refractivity contribution in [2.24, 2.45) is 0 Å². The highest BCUT2D eigenvalue weighted by Gasteiger charge is 2.38. The van der Waals surface area contributed by atoms with Crippen LogP contribution >= 0.6 is 15.9 Å². The Morgan fingerprint density at radius 3 is 1.67 bits per heavy atom. The van der Waals surface area contributed by atoms with Gasteiger partial charge in [0, 0.05) is 6.20 Å². The lowest BCUT2D eigenvalue weighted by Crippen LogP contribution is -2.36. The van der Waals surface area contributed by atoms with Gasteiger partial charge in [-0.25, -0.2) is 9.37 Å². The van der Waals surface area contributed by atoms with Gasteiger partial charge >= 0.3 is 0 Å². The van der Waals surface area contributed by atoms with Crippen molar-refractivity contribution in [3.63, 3.8) is 0 Å². The van der Waals surface area contributed by atoms with Gasteiger partial charge in [0.05, 0.1) is 17.4 Å². The van der Waals surface area contributed by atoms with Gasteiger partial charge in [-0.3, -0.25) is 0 Å². The number of hydrogen-bond donors (Lipinski definition) is 1. The minimum atomic E-state index is -0.749. The first-order valence-corrected chi connectivity index (χ1v) is 10.3. The Morgan fingerprint density at radius 1 is 0.833 bits per heavy atom. The summed E-state index contributed by atoms with van der Waals surface area (Å²) in [5.41, 5.74) is 2.48. The summed E-state index contributed by atoms with van der Waals surface area (Å²) in [4.78, 5) is 4.32. The first kappa shape index (κ1) is 20.3. The number of aliphatic hydroxyl groups excluding tert-OH is 1. The highest BCUT2D eigenvalue weighted by Crippen LogP contribution is 2.41. The Bertz CT molecular complexity index is 1040. The number of rotatable bonds is 6. The fraction of sp³-hybridized carbons (Fsp3) is 0.0800. The van der Waals surface area contributed by atoms with E-state index in [1.54, 1.807) is 12.5 Å². The first-order chi connectivity index (χ1) is 14.7. The number of benzene rings is 3. The minimum Gasteiger partial charge on any atom is -0.391 e. The number of aliphatic hydroxyl groups is 1. The largest absolute Gasteiger partial charge is 0.391 e. The van der Waals surface area contributed by atoms with E-state index in [-0.39, 0.29) is 10.2 Å². The first-order valence-electron chi connectivity index (χ1n) is 9.54. The SMILES string of the molecule is OC/C(Br)=C(\F)c1cn(C(c2ccccc2)(c2ccccc2)c2ccccc2)cn1. The Kier molecular flexibility index (Phi) is 5.93. The van der Waals surface area contributed by atoms with Gasteiger partial charge in [-0.15, -0.1) is 0 Å². The van der Waals surface area contributed by atoms with Crippen LogP contribution in [0.2, 0.25) is 0 Å². The third kappa shape index (κ3) is 3.51. The maximum Gasteiger partial charge on any atom is 0.162 e. The van der Waals surface area contributed by atoms with Gasteiger partial charge in [-0.1, -0.05) is 91.0 Å². The Hall–Kier alpha value is -3.02. The molecular formula is C25H20BrFN2O. The average Bonchev–Trinajstić information content (AvgIpc) is 3.31. The molecule has 0 fully saturated rings. The molecule has 5 heteroatoms. The van der Waals surface area contributed by atoms with E-state index in [0.29, 0.717) is 0 Å². The molecule has 0 aliphatic heterocycles. The molecule has 0 atom stereocenters. The summed E-state index contributed by atoms with van der Waals surface area (Å²) in [6.07, 6.45) is 3.32. The number of nitrogens with zero attached hydrogens (tertiary/aromatic N) is 2. The van der Waals surface area contributed by atoms with Gasteiger partial charge in [0.2, 0.25) is 0 Å². The highest BCUT2D eigenvalue weighted by molar-refractivity contribution is 9.11. The van der Waals surface area contributed by atoms with Crippen LogP contribution in [0.25, 0.3) is 5.83 Å². The van der Waals surface area contributed by atoms with Crippen LogP contribution in [0.3, 0.4) is 0 Å². The van der Waals surface area contributed by atoms with Gasteiger partial charge < -0.3 is 9.67 Å². The monoisotopic (exact) mass is 462 g/mol. The van der Waals surface area contributed by atoms with E-state index >= 15 is 0 Å². The van der Waals surface area contributed by atoms with Crippen LogP contribution in [0.15, 0.2) is 108 Å². The number of aromatic nitrogens is 2. The summed E-state index contributed by atoms with van der Waals surface area (Å²) in [7, 11) is 0. The van der Waals surface area contributed by atoms with Crippen LogP contribution in [0.1, 0.15) is 22.4 Å². The molecule has 150 valence electrons. The number of halogens is 2. The lowest BCUT2D eigenvalue weighted by Gasteiger charge is -2.37. The van der Waals surface area contributed by atoms with Crippen LogP contribution in [0, 0.1) is 0 Å². The number of imidazole rings is 1. The minimum absolute atomic E-state index is 0.0671. The molecule has 3 nitrogen and oxygen atoms in total. The van der Waals surface area contributed by atoms with Gasteiger partial charge in [0.25, 0.3) is 0 Å². The molecule has 0 unspecified atom stereocenters. The van der Waals surface area contributed by atoms with Crippen molar-refractivity contribution in [2.75, 3.05) is 6.61 Å². The molecule has 0 aliphatic rings. The molecule has 0 bridgehead atoms. The summed E-state index contributed by atoms with van der Waals surface area (Å²) in [5, 5.41) is 9.29. The van der Waals surface area contributed by atoms with E-state index in [0.717, 1.165) is 16.7 Å². The topological polar surface area (TPSA) is 38.0 Å². The zero-order valence-electron chi connectivity index (χ0n) is 16.1. The van der Waals surface area contributed by atoms with Gasteiger partial charge in [-0.2, -0.15) is 0 Å². The van der Waals surface area contributed by atoms with Crippen LogP contribution in [-0.2, 0) is 5.54 Å². The highest BCUT2D eigenvalue weighted by atomic mass is 79.9. The summed E-state index contributed by atoms with van der Waals surface area (Å²) in [5.74, 6) is -0.584. The molecule has 0 saturated carbocycles. The van der Waals surface area contributed by atoms with Crippen LogP contribution in [-0.4, -0.2) is 21.3 Å². The van der Waals surface area contributed by atoms with Gasteiger partial charge in [0.1, 0.15) is 11.2 Å². The van der Waals surface area contributed by atoms with Crippen molar-refractivity contribution < 1.29 is 9.50 Å². The zero-order valence-corrected chi connectivity index (χ0v) is 17.7. The Balaban J connectivity index is 2.06. The standard InChI is InChI=1S/C25H20BrFN2O/c26-22(17-30)24(27)23-16-29(18-28-23)25(19-10-4-1-5-11-19,20-12-6-2-7-13-20)21-14-8-3-9-15-21/h1-16,18,30H,17H2/b24-22+. The summed E-state index contributed by atoms with van der Waals surface area (Å²) >= 11 is 3.08. The summed E-state index contributed by atoms with van der Waals surface area (Å²) in [6.45, 7) is -0.431. The quantitative estimate of drug-likeness (QED) is 0.370. The average molecular weight is 463 g/mol. The molecule has 0 radical (unpaired) electrons. The van der Waals surface area contributed by atoms with E-state index in [2.05, 4.69) is 57.3 Å². The third-order valence-corrected chi connectivity index (χ3v) is 5.75. The van der Waals surface area contributed by atoms with Crippen molar-refractivity contribution in [3.8, 4) is 0 Å². The second-order valence-corrected chi connectivity index (χ2v) is 7.81. The Labute approximate surface area is 183 Å². The predicted octanol–water partition coefficient (Wildman–Crippen LogP) is 5.75. The van der Waals surface area contributed by atoms with Crippen LogP contribution in [0.5, 0.6) is 0 Å². The fourth-order valence-electron chi connectivity index (χ4n) is 3.81. The van der Waals surface area contributed by atoms with Crippen molar-refractivity contribution >= 4 is 21.8 Å². The van der Waals surface area contributed by atoms with Crippen molar-refractivity contribution in [1.29, 1.82) is 0 Å². The van der Waals surface area contributed by atoms with Crippen LogP contribution < -0.4 is 0 Å². The predicted molar refractivity (Wildman–Crippen MR) is 121 cm³/mol. The fourth-order valence-corrected chi connectivity index (χ4v) is 4.02. The molecule has 30 heavy (non-hydrogen) atoms. The smallest absolute Gasteiger partial charge is 0.162 e. The second kappa shape index (κ2) is 8.78. The molecular weight excluding hydrogens is 443 g/mol. The van der Waals surface area contributed by atoms with Gasteiger partial charge in [-0.05, 0) is 32.6 Å². The maximum atomic E-state index is 14.7. The van der Waals surface area contributed by atoms with E-state index < -0.39 is 18.0 Å². The van der Waals surface area contributed by atoms with E-state index in [1.165, 1.54) is 0 Å². The third-order valence-electron chi connectivity index (χ3n) is 5.15. The maximum absolute atomic E-state index is 14.7. The molecule has 1 N–H and O–H groups in total. The summed E-state index contributed by atoms with van der Waals surface area (Å²) < 4.78 is 16.7. The lowest BCUT2D eigenvalue weighted by atomic mass is 9.77. The normalized spacial score (nSPS) is 12.5. The van der Waals surface area contributed by atoms with Crippen molar-refractivity contribution in [2.45, 2.75) is 5.54 Å². The molecule has 1 aromatic heterocycles. The molecule has 4 aromatic rings. The molecule has 1 heterocycles. The van der Waals surface area contributed by atoms with Gasteiger partial charge in [0.15, 0.2) is 5.83 Å². The summed E-state index contributed by atoms with van der Waals surface area (Å²) in [6, 6.07) is 30.3. The van der Waals surface area contributed by atoms with E-state index in [1.807, 2.05) is 59.2 Å². The Morgan fingerprint density at radius 2 is 1.27 bits per heavy atom. The van der Waals surface area contributed by atoms with Crippen LogP contribution in [0.4, 0.5) is 4.39 Å².